The number of aromatic amines is 1. The molecule has 140 valence electrons. The van der Waals surface area contributed by atoms with Gasteiger partial charge in [-0.25, -0.2) is 0 Å². The SMILES string of the molecule is Cc1ncc2c(c1CNC(=O)c1[nH]c3c(C)ccc(C)c3c1C)CCNC2. The maximum atomic E-state index is 12.9. The fraction of sp³-hybridized carbons (Fsp3) is 0.364. The second-order valence-electron chi connectivity index (χ2n) is 7.51. The van der Waals surface area contributed by atoms with Crippen molar-refractivity contribution in [2.45, 2.75) is 47.2 Å². The largest absolute Gasteiger partial charge is 0.350 e. The third-order valence-corrected chi connectivity index (χ3v) is 5.74. The molecular weight excluding hydrogens is 336 g/mol. The number of hydrogen-bond donors (Lipinski definition) is 3. The van der Waals surface area contributed by atoms with Crippen molar-refractivity contribution in [2.24, 2.45) is 0 Å². The van der Waals surface area contributed by atoms with Gasteiger partial charge >= 0.3 is 0 Å². The quantitative estimate of drug-likeness (QED) is 0.669. The molecule has 0 unspecified atom stereocenters. The molecule has 0 atom stereocenters. The van der Waals surface area contributed by atoms with Crippen molar-refractivity contribution >= 4 is 16.8 Å². The van der Waals surface area contributed by atoms with Crippen molar-refractivity contribution in [3.8, 4) is 0 Å². The molecule has 4 rings (SSSR count). The summed E-state index contributed by atoms with van der Waals surface area (Å²) in [5, 5.41) is 7.65. The zero-order valence-corrected chi connectivity index (χ0v) is 16.4. The number of fused-ring (bicyclic) bond motifs is 2. The highest BCUT2D eigenvalue weighted by Gasteiger charge is 2.19. The maximum absolute atomic E-state index is 12.9. The second kappa shape index (κ2) is 6.82. The first-order valence-corrected chi connectivity index (χ1v) is 9.51. The Hall–Kier alpha value is -2.66. The Bertz CT molecular complexity index is 1050. The molecule has 2 aromatic heterocycles. The van der Waals surface area contributed by atoms with Crippen LogP contribution in [-0.2, 0) is 19.5 Å². The highest BCUT2D eigenvalue weighted by atomic mass is 16.1. The van der Waals surface area contributed by atoms with Gasteiger partial charge in [0.05, 0.1) is 0 Å². The minimum Gasteiger partial charge on any atom is -0.350 e. The summed E-state index contributed by atoms with van der Waals surface area (Å²) in [4.78, 5) is 20.8. The number of rotatable bonds is 3. The number of benzene rings is 1. The van der Waals surface area contributed by atoms with E-state index in [0.717, 1.165) is 52.8 Å². The maximum Gasteiger partial charge on any atom is 0.268 e. The third-order valence-electron chi connectivity index (χ3n) is 5.74. The zero-order chi connectivity index (χ0) is 19.1. The van der Waals surface area contributed by atoms with E-state index in [2.05, 4.69) is 46.6 Å². The molecule has 27 heavy (non-hydrogen) atoms. The molecule has 1 aliphatic rings. The normalized spacial score (nSPS) is 13.6. The molecule has 0 fully saturated rings. The average molecular weight is 362 g/mol. The summed E-state index contributed by atoms with van der Waals surface area (Å²) < 4.78 is 0. The van der Waals surface area contributed by atoms with E-state index in [1.165, 1.54) is 16.7 Å². The molecule has 5 heteroatoms. The van der Waals surface area contributed by atoms with E-state index in [9.17, 15) is 4.79 Å². The lowest BCUT2D eigenvalue weighted by molar-refractivity contribution is 0.0946. The topological polar surface area (TPSA) is 69.8 Å². The van der Waals surface area contributed by atoms with Gasteiger partial charge in [-0.3, -0.25) is 9.78 Å². The molecule has 1 aromatic carbocycles. The molecule has 0 bridgehead atoms. The number of H-pyrrole nitrogens is 1. The van der Waals surface area contributed by atoms with Crippen molar-refractivity contribution in [2.75, 3.05) is 6.54 Å². The van der Waals surface area contributed by atoms with E-state index in [0.29, 0.717) is 12.2 Å². The van der Waals surface area contributed by atoms with Gasteiger partial charge in [0.25, 0.3) is 5.91 Å². The van der Waals surface area contributed by atoms with Crippen molar-refractivity contribution in [1.29, 1.82) is 0 Å². The van der Waals surface area contributed by atoms with E-state index >= 15 is 0 Å². The predicted octanol–water partition coefficient (Wildman–Crippen LogP) is 3.37. The summed E-state index contributed by atoms with van der Waals surface area (Å²) in [6.45, 7) is 10.5. The van der Waals surface area contributed by atoms with Crippen LogP contribution >= 0.6 is 0 Å². The van der Waals surface area contributed by atoms with Crippen LogP contribution in [0.15, 0.2) is 18.3 Å². The lowest BCUT2D eigenvalue weighted by Gasteiger charge is -2.21. The molecule has 3 aromatic rings. The molecule has 0 saturated heterocycles. The molecule has 0 aliphatic carbocycles. The molecule has 0 spiro atoms. The summed E-state index contributed by atoms with van der Waals surface area (Å²) >= 11 is 0. The van der Waals surface area contributed by atoms with Crippen LogP contribution in [0.3, 0.4) is 0 Å². The fourth-order valence-electron chi connectivity index (χ4n) is 4.16. The number of hydrogen-bond acceptors (Lipinski definition) is 3. The molecule has 1 aliphatic heterocycles. The van der Waals surface area contributed by atoms with Crippen LogP contribution in [0.25, 0.3) is 10.9 Å². The van der Waals surface area contributed by atoms with E-state index in [1.54, 1.807) is 0 Å². The number of pyridine rings is 1. The Morgan fingerprint density at radius 3 is 2.74 bits per heavy atom. The van der Waals surface area contributed by atoms with Gasteiger partial charge in [0.1, 0.15) is 5.69 Å². The van der Waals surface area contributed by atoms with Crippen LogP contribution in [0.5, 0.6) is 0 Å². The number of amides is 1. The molecule has 5 nitrogen and oxygen atoms in total. The number of carbonyl (C=O) groups is 1. The fourth-order valence-corrected chi connectivity index (χ4v) is 4.16. The van der Waals surface area contributed by atoms with Crippen LogP contribution in [0.2, 0.25) is 0 Å². The predicted molar refractivity (Wildman–Crippen MR) is 108 cm³/mol. The number of carbonyl (C=O) groups excluding carboxylic acids is 1. The van der Waals surface area contributed by atoms with E-state index < -0.39 is 0 Å². The van der Waals surface area contributed by atoms with Gasteiger partial charge in [0, 0.05) is 35.9 Å². The van der Waals surface area contributed by atoms with Gasteiger partial charge in [-0.05, 0) is 74.0 Å². The van der Waals surface area contributed by atoms with Gasteiger partial charge in [-0.15, -0.1) is 0 Å². The van der Waals surface area contributed by atoms with Crippen molar-refractivity contribution in [3.63, 3.8) is 0 Å². The van der Waals surface area contributed by atoms with Crippen LogP contribution in [0, 0.1) is 27.7 Å². The Kier molecular flexibility index (Phi) is 4.48. The van der Waals surface area contributed by atoms with Gasteiger partial charge in [0.2, 0.25) is 0 Å². The zero-order valence-electron chi connectivity index (χ0n) is 16.4. The summed E-state index contributed by atoms with van der Waals surface area (Å²) in [7, 11) is 0. The standard InChI is InChI=1S/C22H26N4O/c1-12-5-6-13(2)20-19(12)14(3)21(26-20)22(27)25-11-18-15(4)24-10-16-9-23-8-7-17(16)18/h5-6,10,23,26H,7-9,11H2,1-4H3,(H,25,27). The Morgan fingerprint density at radius 1 is 1.19 bits per heavy atom. The molecule has 3 N–H and O–H groups in total. The molecule has 0 radical (unpaired) electrons. The summed E-state index contributed by atoms with van der Waals surface area (Å²) in [5.74, 6) is -0.0616. The van der Waals surface area contributed by atoms with Crippen molar-refractivity contribution < 1.29 is 4.79 Å². The van der Waals surface area contributed by atoms with Gasteiger partial charge in [0.15, 0.2) is 0 Å². The third kappa shape index (κ3) is 3.02. The highest BCUT2D eigenvalue weighted by Crippen LogP contribution is 2.28. The average Bonchev–Trinajstić information content (AvgIpc) is 3.02. The number of nitrogens with one attached hydrogen (secondary N) is 3. The minimum absolute atomic E-state index is 0.0616. The first-order valence-electron chi connectivity index (χ1n) is 9.51. The molecule has 0 saturated carbocycles. The van der Waals surface area contributed by atoms with Crippen LogP contribution < -0.4 is 10.6 Å². The molecule has 1 amide bonds. The summed E-state index contributed by atoms with van der Waals surface area (Å²) in [6, 6.07) is 4.20. The summed E-state index contributed by atoms with van der Waals surface area (Å²) in [6.07, 6.45) is 2.93. The first kappa shape index (κ1) is 17.7. The van der Waals surface area contributed by atoms with E-state index in [1.807, 2.05) is 20.0 Å². The smallest absolute Gasteiger partial charge is 0.268 e. The van der Waals surface area contributed by atoms with Crippen LogP contribution in [0.1, 0.15) is 49.6 Å². The Balaban J connectivity index is 1.63. The Morgan fingerprint density at radius 2 is 1.96 bits per heavy atom. The second-order valence-corrected chi connectivity index (χ2v) is 7.51. The van der Waals surface area contributed by atoms with Gasteiger partial charge in [-0.1, -0.05) is 12.1 Å². The monoisotopic (exact) mass is 362 g/mol. The molecular formula is C22H26N4O. The van der Waals surface area contributed by atoms with Crippen molar-refractivity contribution in [3.05, 3.63) is 63.1 Å². The summed E-state index contributed by atoms with van der Waals surface area (Å²) in [5.41, 5.74) is 9.79. The van der Waals surface area contributed by atoms with E-state index in [4.69, 9.17) is 0 Å². The molecule has 3 heterocycles. The van der Waals surface area contributed by atoms with Gasteiger partial charge in [-0.2, -0.15) is 0 Å². The van der Waals surface area contributed by atoms with E-state index in [-0.39, 0.29) is 5.91 Å². The van der Waals surface area contributed by atoms with Gasteiger partial charge < -0.3 is 15.6 Å². The number of aromatic nitrogens is 2. The number of nitrogens with zero attached hydrogens (tertiary/aromatic N) is 1. The Labute approximate surface area is 159 Å². The number of aryl methyl sites for hydroxylation is 4. The first-order chi connectivity index (χ1) is 13.0. The highest BCUT2D eigenvalue weighted by molar-refractivity contribution is 6.02. The van der Waals surface area contributed by atoms with Crippen LogP contribution in [-0.4, -0.2) is 22.4 Å². The minimum atomic E-state index is -0.0616. The lowest BCUT2D eigenvalue weighted by Crippen LogP contribution is -2.29. The van der Waals surface area contributed by atoms with Crippen LogP contribution in [0.4, 0.5) is 0 Å². The lowest BCUT2D eigenvalue weighted by atomic mass is 9.96. The van der Waals surface area contributed by atoms with Crippen molar-refractivity contribution in [1.82, 2.24) is 20.6 Å².